The lowest BCUT2D eigenvalue weighted by Crippen LogP contribution is -2.35. The van der Waals surface area contributed by atoms with Gasteiger partial charge in [-0.1, -0.05) is 18.2 Å². The quantitative estimate of drug-likeness (QED) is 0.655. The third-order valence-electron chi connectivity index (χ3n) is 1.63. The third kappa shape index (κ3) is 2.52. The normalized spacial score (nSPS) is 9.31. The Hall–Kier alpha value is -1.42. The summed E-state index contributed by atoms with van der Waals surface area (Å²) in [7, 11) is 0. The van der Waals surface area contributed by atoms with Gasteiger partial charge in [-0.15, -0.1) is 0 Å². The molecule has 13 heavy (non-hydrogen) atoms. The molecule has 3 nitrogen and oxygen atoms in total. The molecule has 0 aliphatic rings. The number of thiocarbonyl (C=S) groups is 1. The fraction of sp³-hybridized carbons (Fsp3) is 0.111. The van der Waals surface area contributed by atoms with Crippen LogP contribution in [-0.4, -0.2) is 11.0 Å². The molecule has 68 valence electrons. The molecule has 1 aromatic rings. The van der Waals surface area contributed by atoms with E-state index in [4.69, 9.17) is 5.73 Å². The number of carbonyl (C=O) groups excluding carboxylic acids is 1. The first kappa shape index (κ1) is 9.67. The van der Waals surface area contributed by atoms with Crippen LogP contribution in [0.25, 0.3) is 0 Å². The number of hydrogen-bond donors (Lipinski definition) is 2. The van der Waals surface area contributed by atoms with Crippen LogP contribution in [0.1, 0.15) is 15.9 Å². The molecule has 0 bridgehead atoms. The predicted octanol–water partition coefficient (Wildman–Crippen LogP) is 0.968. The molecule has 1 amide bonds. The van der Waals surface area contributed by atoms with E-state index in [2.05, 4.69) is 17.5 Å². The minimum absolute atomic E-state index is 0.00625. The van der Waals surface area contributed by atoms with E-state index in [9.17, 15) is 4.79 Å². The van der Waals surface area contributed by atoms with Crippen molar-refractivity contribution < 1.29 is 4.79 Å². The van der Waals surface area contributed by atoms with E-state index in [0.717, 1.165) is 5.56 Å². The standard InChI is InChI=1S/C9H10N2OS/c1-6-4-2-3-5-7(6)8(12)11-9(10)13/h2-5H,1H3,(H3,10,11,12,13). The minimum atomic E-state index is -0.259. The topological polar surface area (TPSA) is 55.1 Å². The summed E-state index contributed by atoms with van der Waals surface area (Å²) >= 11 is 4.56. The summed E-state index contributed by atoms with van der Waals surface area (Å²) in [5.74, 6) is -0.259. The van der Waals surface area contributed by atoms with E-state index < -0.39 is 0 Å². The van der Waals surface area contributed by atoms with Crippen LogP contribution in [0.2, 0.25) is 0 Å². The third-order valence-corrected chi connectivity index (χ3v) is 1.73. The maximum atomic E-state index is 11.4. The average molecular weight is 194 g/mol. The van der Waals surface area contributed by atoms with Gasteiger partial charge in [0.15, 0.2) is 5.11 Å². The Morgan fingerprint density at radius 3 is 2.62 bits per heavy atom. The van der Waals surface area contributed by atoms with Gasteiger partial charge >= 0.3 is 0 Å². The second kappa shape index (κ2) is 4.00. The Morgan fingerprint density at radius 1 is 1.46 bits per heavy atom. The second-order valence-corrected chi connectivity index (χ2v) is 3.07. The lowest BCUT2D eigenvalue weighted by Gasteiger charge is -2.04. The molecule has 0 saturated heterocycles. The summed E-state index contributed by atoms with van der Waals surface area (Å²) in [5, 5.41) is 2.36. The van der Waals surface area contributed by atoms with Crippen molar-refractivity contribution in [2.45, 2.75) is 6.92 Å². The van der Waals surface area contributed by atoms with E-state index in [1.165, 1.54) is 0 Å². The van der Waals surface area contributed by atoms with Gasteiger partial charge < -0.3 is 5.73 Å². The predicted molar refractivity (Wildman–Crippen MR) is 55.4 cm³/mol. The van der Waals surface area contributed by atoms with Crippen molar-refractivity contribution >= 4 is 23.2 Å². The van der Waals surface area contributed by atoms with Gasteiger partial charge in [-0.05, 0) is 30.8 Å². The SMILES string of the molecule is Cc1ccccc1C(=O)NC(N)=S. The Kier molecular flexibility index (Phi) is 2.97. The number of nitrogens with one attached hydrogen (secondary N) is 1. The number of benzene rings is 1. The molecule has 1 aromatic carbocycles. The van der Waals surface area contributed by atoms with Gasteiger partial charge in [0.2, 0.25) is 0 Å². The molecule has 0 radical (unpaired) electrons. The monoisotopic (exact) mass is 194 g/mol. The molecule has 0 aromatic heterocycles. The molecule has 0 saturated carbocycles. The highest BCUT2D eigenvalue weighted by Crippen LogP contribution is 2.05. The molecule has 1 rings (SSSR count). The van der Waals surface area contributed by atoms with Gasteiger partial charge in [-0.25, -0.2) is 0 Å². The van der Waals surface area contributed by atoms with Crippen LogP contribution in [0.4, 0.5) is 0 Å². The number of nitrogens with two attached hydrogens (primary N) is 1. The van der Waals surface area contributed by atoms with Crippen LogP contribution in [-0.2, 0) is 0 Å². The first-order valence-corrected chi connectivity index (χ1v) is 4.18. The van der Waals surface area contributed by atoms with E-state index in [1.54, 1.807) is 12.1 Å². The second-order valence-electron chi connectivity index (χ2n) is 2.63. The van der Waals surface area contributed by atoms with E-state index in [-0.39, 0.29) is 11.0 Å². The maximum absolute atomic E-state index is 11.4. The smallest absolute Gasteiger partial charge is 0.257 e. The zero-order valence-corrected chi connectivity index (χ0v) is 8.02. The van der Waals surface area contributed by atoms with Crippen molar-refractivity contribution in [2.75, 3.05) is 0 Å². The average Bonchev–Trinajstić information content (AvgIpc) is 2.03. The number of amides is 1. The van der Waals surface area contributed by atoms with Crippen LogP contribution in [0.5, 0.6) is 0 Å². The lowest BCUT2D eigenvalue weighted by atomic mass is 10.1. The molecule has 0 heterocycles. The van der Waals surface area contributed by atoms with Gasteiger partial charge in [0.25, 0.3) is 5.91 Å². The zero-order valence-electron chi connectivity index (χ0n) is 7.20. The molecule has 4 heteroatoms. The fourth-order valence-electron chi connectivity index (χ4n) is 1.01. The van der Waals surface area contributed by atoms with Crippen molar-refractivity contribution in [3.8, 4) is 0 Å². The first-order valence-electron chi connectivity index (χ1n) is 3.77. The molecular weight excluding hydrogens is 184 g/mol. The highest BCUT2D eigenvalue weighted by atomic mass is 32.1. The van der Waals surface area contributed by atoms with Crippen LogP contribution >= 0.6 is 12.2 Å². The molecule has 0 fully saturated rings. The Bertz CT molecular complexity index is 349. The van der Waals surface area contributed by atoms with Gasteiger partial charge in [-0.2, -0.15) is 0 Å². The first-order chi connectivity index (χ1) is 6.11. The lowest BCUT2D eigenvalue weighted by molar-refractivity contribution is 0.0977. The van der Waals surface area contributed by atoms with Crippen LogP contribution < -0.4 is 11.1 Å². The molecule has 0 unspecified atom stereocenters. The number of carbonyl (C=O) groups is 1. The highest BCUT2D eigenvalue weighted by Gasteiger charge is 2.07. The van der Waals surface area contributed by atoms with Crippen LogP contribution in [0.3, 0.4) is 0 Å². The van der Waals surface area contributed by atoms with Crippen molar-refractivity contribution in [1.29, 1.82) is 0 Å². The zero-order chi connectivity index (χ0) is 9.84. The van der Waals surface area contributed by atoms with Gasteiger partial charge in [0.1, 0.15) is 0 Å². The Morgan fingerprint density at radius 2 is 2.08 bits per heavy atom. The summed E-state index contributed by atoms with van der Waals surface area (Å²) < 4.78 is 0. The van der Waals surface area contributed by atoms with E-state index in [0.29, 0.717) is 5.56 Å². The molecule has 0 atom stereocenters. The van der Waals surface area contributed by atoms with Gasteiger partial charge in [0.05, 0.1) is 0 Å². The van der Waals surface area contributed by atoms with Crippen molar-refractivity contribution in [3.63, 3.8) is 0 Å². The van der Waals surface area contributed by atoms with Crippen LogP contribution in [0, 0.1) is 6.92 Å². The summed E-state index contributed by atoms with van der Waals surface area (Å²) in [5.41, 5.74) is 6.67. The Labute approximate surface area is 81.9 Å². The number of hydrogen-bond acceptors (Lipinski definition) is 2. The van der Waals surface area contributed by atoms with Crippen molar-refractivity contribution in [3.05, 3.63) is 35.4 Å². The summed E-state index contributed by atoms with van der Waals surface area (Å²) in [6.07, 6.45) is 0. The van der Waals surface area contributed by atoms with Gasteiger partial charge in [0, 0.05) is 5.56 Å². The largest absolute Gasteiger partial charge is 0.376 e. The summed E-state index contributed by atoms with van der Waals surface area (Å²) in [6, 6.07) is 7.24. The van der Waals surface area contributed by atoms with Crippen LogP contribution in [0.15, 0.2) is 24.3 Å². The molecular formula is C9H10N2OS. The highest BCUT2D eigenvalue weighted by molar-refractivity contribution is 7.80. The van der Waals surface area contributed by atoms with E-state index in [1.807, 2.05) is 19.1 Å². The number of aryl methyl sites for hydroxylation is 1. The minimum Gasteiger partial charge on any atom is -0.376 e. The molecule has 3 N–H and O–H groups in total. The Balaban J connectivity index is 2.89. The maximum Gasteiger partial charge on any atom is 0.257 e. The number of rotatable bonds is 1. The summed E-state index contributed by atoms with van der Waals surface area (Å²) in [6.45, 7) is 1.86. The fourth-order valence-corrected chi connectivity index (χ4v) is 1.10. The molecule has 0 aliphatic heterocycles. The molecule has 0 aliphatic carbocycles. The van der Waals surface area contributed by atoms with Gasteiger partial charge in [-0.3, -0.25) is 10.1 Å². The molecule has 0 spiro atoms. The summed E-state index contributed by atoms with van der Waals surface area (Å²) in [4.78, 5) is 11.4. The van der Waals surface area contributed by atoms with Crippen molar-refractivity contribution in [1.82, 2.24) is 5.32 Å². The van der Waals surface area contributed by atoms with E-state index >= 15 is 0 Å². The van der Waals surface area contributed by atoms with Crippen molar-refractivity contribution in [2.24, 2.45) is 5.73 Å².